The molecule has 8 heteroatoms. The highest BCUT2D eigenvalue weighted by molar-refractivity contribution is 5.99. The van der Waals surface area contributed by atoms with Crippen LogP contribution in [0.5, 0.6) is 0 Å². The number of hydrogen-bond donors (Lipinski definition) is 3. The predicted molar refractivity (Wildman–Crippen MR) is 106 cm³/mol. The second-order valence-corrected chi connectivity index (χ2v) is 6.79. The number of nitrogens with one attached hydrogen (secondary N) is 2. The van der Waals surface area contributed by atoms with Crippen molar-refractivity contribution in [1.29, 1.82) is 0 Å². The van der Waals surface area contributed by atoms with Crippen LogP contribution < -0.4 is 16.1 Å². The lowest BCUT2D eigenvalue weighted by molar-refractivity contribution is -0.138. The summed E-state index contributed by atoms with van der Waals surface area (Å²) < 4.78 is 5.81. The molecule has 1 aromatic heterocycles. The number of para-hydroxylation sites is 1. The maximum Gasteiger partial charge on any atom is 0.303 e. The van der Waals surface area contributed by atoms with Crippen LogP contribution in [0.1, 0.15) is 37.0 Å². The maximum absolute atomic E-state index is 12.7. The van der Waals surface area contributed by atoms with Gasteiger partial charge in [-0.2, -0.15) is 0 Å². The van der Waals surface area contributed by atoms with Crippen LogP contribution in [0.4, 0.5) is 0 Å². The van der Waals surface area contributed by atoms with E-state index in [1.54, 1.807) is 24.3 Å². The Morgan fingerprint density at radius 2 is 1.79 bits per heavy atom. The molecule has 3 rings (SSSR count). The molecule has 1 aromatic carbocycles. The largest absolute Gasteiger partial charge is 0.481 e. The van der Waals surface area contributed by atoms with Gasteiger partial charge in [0.05, 0.1) is 17.4 Å². The first-order valence-electron chi connectivity index (χ1n) is 9.47. The van der Waals surface area contributed by atoms with Crippen molar-refractivity contribution in [2.75, 3.05) is 13.1 Å². The second-order valence-electron chi connectivity index (χ2n) is 6.79. The minimum absolute atomic E-state index is 0.0642. The first kappa shape index (κ1) is 20.3. The van der Waals surface area contributed by atoms with E-state index in [-0.39, 0.29) is 30.1 Å². The molecule has 1 aliphatic rings. The van der Waals surface area contributed by atoms with E-state index in [1.165, 1.54) is 0 Å². The Hall–Kier alpha value is -3.42. The highest BCUT2D eigenvalue weighted by Gasteiger charge is 2.21. The van der Waals surface area contributed by atoms with Gasteiger partial charge >= 0.3 is 5.97 Å². The van der Waals surface area contributed by atoms with Gasteiger partial charge < -0.3 is 20.2 Å². The summed E-state index contributed by atoms with van der Waals surface area (Å²) in [4.78, 5) is 46.9. The monoisotopic (exact) mass is 398 g/mol. The number of carbonyl (C=O) groups excluding carboxylic acids is 2. The van der Waals surface area contributed by atoms with E-state index in [0.29, 0.717) is 60.2 Å². The highest BCUT2D eigenvalue weighted by Crippen LogP contribution is 2.25. The van der Waals surface area contributed by atoms with Crippen LogP contribution in [0.15, 0.2) is 39.1 Å². The molecule has 0 fully saturated rings. The van der Waals surface area contributed by atoms with Crippen molar-refractivity contribution in [3.63, 3.8) is 0 Å². The van der Waals surface area contributed by atoms with Crippen LogP contribution >= 0.6 is 0 Å². The molecule has 3 N–H and O–H groups in total. The summed E-state index contributed by atoms with van der Waals surface area (Å²) in [5, 5.41) is 14.4. The molecule has 1 aliphatic carbocycles. The van der Waals surface area contributed by atoms with Gasteiger partial charge in [-0.1, -0.05) is 12.1 Å². The zero-order valence-electron chi connectivity index (χ0n) is 15.8. The lowest BCUT2D eigenvalue weighted by Gasteiger charge is -2.15. The zero-order chi connectivity index (χ0) is 20.8. The zero-order valence-corrected chi connectivity index (χ0v) is 15.8. The third kappa shape index (κ3) is 5.10. The van der Waals surface area contributed by atoms with Crippen LogP contribution in [0.3, 0.4) is 0 Å². The van der Waals surface area contributed by atoms with Gasteiger partial charge in [0.15, 0.2) is 5.43 Å². The molecule has 2 aromatic rings. The molecule has 0 radical (unpaired) electrons. The minimum atomic E-state index is -1.02. The Kier molecular flexibility index (Phi) is 6.43. The summed E-state index contributed by atoms with van der Waals surface area (Å²) in [7, 11) is 0. The molecular formula is C21H22N2O6. The van der Waals surface area contributed by atoms with E-state index in [4.69, 9.17) is 9.52 Å². The molecule has 1 heterocycles. The maximum atomic E-state index is 12.7. The van der Waals surface area contributed by atoms with E-state index in [2.05, 4.69) is 10.6 Å². The minimum Gasteiger partial charge on any atom is -0.481 e. The summed E-state index contributed by atoms with van der Waals surface area (Å²) in [5.41, 5.74) is 1.34. The molecule has 29 heavy (non-hydrogen) atoms. The SMILES string of the molecule is O=C(O)CCC(=O)NCCCNC(=O)C1=Cc2c(oc3ccccc3c2=O)CC1. The number of carboxylic acid groups (broad SMARTS) is 1. The van der Waals surface area contributed by atoms with Gasteiger partial charge in [0, 0.05) is 31.5 Å². The number of rotatable bonds is 8. The molecule has 152 valence electrons. The van der Waals surface area contributed by atoms with Gasteiger partial charge in [0.1, 0.15) is 11.3 Å². The summed E-state index contributed by atoms with van der Waals surface area (Å²) in [6, 6.07) is 7.04. The molecule has 0 saturated heterocycles. The Labute approximate surface area is 166 Å². The van der Waals surface area contributed by atoms with Gasteiger partial charge in [-0.15, -0.1) is 0 Å². The number of benzene rings is 1. The smallest absolute Gasteiger partial charge is 0.303 e. The van der Waals surface area contributed by atoms with E-state index < -0.39 is 5.97 Å². The molecule has 0 aliphatic heterocycles. The fourth-order valence-corrected chi connectivity index (χ4v) is 3.15. The van der Waals surface area contributed by atoms with Crippen molar-refractivity contribution < 1.29 is 23.9 Å². The van der Waals surface area contributed by atoms with Gasteiger partial charge in [0.2, 0.25) is 11.8 Å². The van der Waals surface area contributed by atoms with E-state index in [9.17, 15) is 19.2 Å². The molecule has 0 unspecified atom stereocenters. The van der Waals surface area contributed by atoms with Crippen molar-refractivity contribution in [2.45, 2.75) is 32.1 Å². The molecular weight excluding hydrogens is 376 g/mol. The summed E-state index contributed by atoms with van der Waals surface area (Å²) in [6.07, 6.45) is 2.80. The quantitative estimate of drug-likeness (QED) is 0.580. The van der Waals surface area contributed by atoms with Crippen molar-refractivity contribution in [1.82, 2.24) is 10.6 Å². The topological polar surface area (TPSA) is 126 Å². The summed E-state index contributed by atoms with van der Waals surface area (Å²) in [6.45, 7) is 0.699. The van der Waals surface area contributed by atoms with Crippen molar-refractivity contribution in [2.24, 2.45) is 0 Å². The predicted octanol–water partition coefficient (Wildman–Crippen LogP) is 1.61. The van der Waals surface area contributed by atoms with Crippen LogP contribution in [0.25, 0.3) is 17.0 Å². The molecule has 2 amide bonds. The molecule has 0 saturated carbocycles. The second kappa shape index (κ2) is 9.18. The summed E-state index contributed by atoms with van der Waals surface area (Å²) >= 11 is 0. The number of hydrogen-bond acceptors (Lipinski definition) is 5. The Bertz CT molecular complexity index is 1040. The van der Waals surface area contributed by atoms with Gasteiger partial charge in [0.25, 0.3) is 0 Å². The normalized spacial score (nSPS) is 12.8. The average molecular weight is 398 g/mol. The number of aliphatic carboxylic acids is 1. The first-order valence-corrected chi connectivity index (χ1v) is 9.47. The number of fused-ring (bicyclic) bond motifs is 2. The van der Waals surface area contributed by atoms with Crippen molar-refractivity contribution in [3.05, 3.63) is 51.4 Å². The van der Waals surface area contributed by atoms with Crippen molar-refractivity contribution >= 4 is 34.8 Å². The van der Waals surface area contributed by atoms with Gasteiger partial charge in [-0.3, -0.25) is 19.2 Å². The van der Waals surface area contributed by atoms with Crippen molar-refractivity contribution in [3.8, 4) is 0 Å². The average Bonchev–Trinajstić information content (AvgIpc) is 2.72. The fraction of sp³-hybridized carbons (Fsp3) is 0.333. The van der Waals surface area contributed by atoms with Crippen LogP contribution in [-0.4, -0.2) is 36.0 Å². The van der Waals surface area contributed by atoms with Gasteiger partial charge in [-0.05, 0) is 31.1 Å². The third-order valence-corrected chi connectivity index (χ3v) is 4.67. The van der Waals surface area contributed by atoms with Gasteiger partial charge in [-0.25, -0.2) is 0 Å². The number of carbonyl (C=O) groups is 3. The highest BCUT2D eigenvalue weighted by atomic mass is 16.4. The lowest BCUT2D eigenvalue weighted by Crippen LogP contribution is -2.31. The van der Waals surface area contributed by atoms with Crippen LogP contribution in [0, 0.1) is 0 Å². The van der Waals surface area contributed by atoms with E-state index >= 15 is 0 Å². The van der Waals surface area contributed by atoms with E-state index in [1.807, 2.05) is 6.07 Å². The molecule has 0 spiro atoms. The van der Waals surface area contributed by atoms with Crippen LogP contribution in [-0.2, 0) is 20.8 Å². The lowest BCUT2D eigenvalue weighted by atomic mass is 9.95. The number of aryl methyl sites for hydroxylation is 1. The Balaban J connectivity index is 1.54. The fourth-order valence-electron chi connectivity index (χ4n) is 3.15. The summed E-state index contributed by atoms with van der Waals surface area (Å²) in [5.74, 6) is -1.00. The molecule has 0 bridgehead atoms. The van der Waals surface area contributed by atoms with Crippen LogP contribution in [0.2, 0.25) is 0 Å². The molecule has 0 atom stereocenters. The third-order valence-electron chi connectivity index (χ3n) is 4.67. The Morgan fingerprint density at radius 1 is 1.03 bits per heavy atom. The first-order chi connectivity index (χ1) is 14.0. The Morgan fingerprint density at radius 3 is 2.59 bits per heavy atom. The standard InChI is InChI=1S/C21H22N2O6/c24-18(8-9-19(25)26)22-10-3-11-23-21(28)13-6-7-17-15(12-13)20(27)14-4-1-2-5-16(14)29-17/h1-2,4-5,12H,3,6-11H2,(H,22,24)(H,23,28)(H,25,26). The number of amides is 2. The molecule has 8 nitrogen and oxygen atoms in total. The number of carboxylic acids is 1. The van der Waals surface area contributed by atoms with E-state index in [0.717, 1.165) is 0 Å².